The Morgan fingerprint density at radius 3 is 1.92 bits per heavy atom. The van der Waals surface area contributed by atoms with Crippen molar-refractivity contribution in [2.45, 2.75) is 39.0 Å². The molecular weight excluding hydrogens is 522 g/mol. The summed E-state index contributed by atoms with van der Waals surface area (Å²) in [6.07, 6.45) is 0.326. The van der Waals surface area contributed by atoms with Crippen LogP contribution in [-0.4, -0.2) is 11.7 Å². The highest BCUT2D eigenvalue weighted by atomic mass is 79.9. The van der Waals surface area contributed by atoms with Crippen LogP contribution in [0, 0.1) is 5.41 Å². The van der Waals surface area contributed by atoms with Crippen molar-refractivity contribution in [1.29, 1.82) is 0 Å². The molecule has 4 aromatic carbocycles. The molecule has 188 valence electrons. The van der Waals surface area contributed by atoms with Crippen molar-refractivity contribution in [3.63, 3.8) is 0 Å². The SMILES string of the molecule is CC(C)(C)C(=O)Nc1ccccc1[C@H](c1ccccc1)[C@@H](CC(=O)c1ccccc1)c1ccc(Br)cc1. The van der Waals surface area contributed by atoms with Gasteiger partial charge in [-0.1, -0.05) is 128 Å². The fourth-order valence-corrected chi connectivity index (χ4v) is 4.82. The van der Waals surface area contributed by atoms with Crippen LogP contribution in [0.2, 0.25) is 0 Å². The first kappa shape index (κ1) is 26.6. The largest absolute Gasteiger partial charge is 0.325 e. The second-order valence-electron chi connectivity index (χ2n) is 10.3. The Bertz CT molecular complexity index is 1340. The molecule has 0 aliphatic heterocycles. The van der Waals surface area contributed by atoms with Crippen LogP contribution in [0.15, 0.2) is 114 Å². The van der Waals surface area contributed by atoms with E-state index < -0.39 is 5.41 Å². The summed E-state index contributed by atoms with van der Waals surface area (Å²) >= 11 is 3.55. The summed E-state index contributed by atoms with van der Waals surface area (Å²) in [7, 11) is 0. The van der Waals surface area contributed by atoms with Gasteiger partial charge in [0.15, 0.2) is 5.78 Å². The topological polar surface area (TPSA) is 46.2 Å². The third-order valence-electron chi connectivity index (χ3n) is 6.59. The summed E-state index contributed by atoms with van der Waals surface area (Å²) in [5.41, 5.74) is 4.08. The highest BCUT2D eigenvalue weighted by molar-refractivity contribution is 9.10. The highest BCUT2D eigenvalue weighted by Crippen LogP contribution is 2.44. The number of halogens is 1. The van der Waals surface area contributed by atoms with E-state index in [4.69, 9.17) is 0 Å². The zero-order chi connectivity index (χ0) is 26.4. The van der Waals surface area contributed by atoms with Gasteiger partial charge in [-0.3, -0.25) is 9.59 Å². The van der Waals surface area contributed by atoms with Crippen LogP contribution in [0.4, 0.5) is 5.69 Å². The van der Waals surface area contributed by atoms with Crippen molar-refractivity contribution in [3.05, 3.63) is 136 Å². The van der Waals surface area contributed by atoms with Gasteiger partial charge in [0.05, 0.1) is 0 Å². The van der Waals surface area contributed by atoms with Gasteiger partial charge in [0.1, 0.15) is 0 Å². The van der Waals surface area contributed by atoms with Gasteiger partial charge < -0.3 is 5.32 Å². The van der Waals surface area contributed by atoms with E-state index in [1.165, 1.54) is 0 Å². The van der Waals surface area contributed by atoms with Gasteiger partial charge in [0, 0.05) is 39.4 Å². The lowest BCUT2D eigenvalue weighted by molar-refractivity contribution is -0.123. The first-order valence-electron chi connectivity index (χ1n) is 12.5. The standard InChI is InChI=1S/C33H32BrNO2/c1-33(2,3)32(37)35-29-17-11-10-16-27(29)31(25-14-8-5-9-15-25)28(23-18-20-26(34)21-19-23)22-30(36)24-12-6-4-7-13-24/h4-21,28,31H,22H2,1-3H3,(H,35,37)/t28-,31-/m0/s1. The predicted octanol–water partition coefficient (Wildman–Crippen LogP) is 8.62. The molecule has 1 amide bonds. The number of amides is 1. The molecule has 2 atom stereocenters. The van der Waals surface area contributed by atoms with E-state index in [1.54, 1.807) is 0 Å². The van der Waals surface area contributed by atoms with E-state index in [9.17, 15) is 9.59 Å². The maximum Gasteiger partial charge on any atom is 0.229 e. The zero-order valence-electron chi connectivity index (χ0n) is 21.4. The lowest BCUT2D eigenvalue weighted by Crippen LogP contribution is -2.28. The molecular formula is C33H32BrNO2. The number of rotatable bonds is 8. The average molecular weight is 555 g/mol. The molecule has 37 heavy (non-hydrogen) atoms. The molecule has 0 unspecified atom stereocenters. The predicted molar refractivity (Wildman–Crippen MR) is 155 cm³/mol. The Labute approximate surface area is 228 Å². The van der Waals surface area contributed by atoms with Crippen molar-refractivity contribution >= 4 is 33.3 Å². The lowest BCUT2D eigenvalue weighted by Gasteiger charge is -2.31. The summed E-state index contributed by atoms with van der Waals surface area (Å²) in [6, 6.07) is 35.9. The van der Waals surface area contributed by atoms with Gasteiger partial charge >= 0.3 is 0 Å². The number of benzene rings is 4. The summed E-state index contributed by atoms with van der Waals surface area (Å²) in [5.74, 6) is -0.277. The van der Waals surface area contributed by atoms with Gasteiger partial charge in [-0.15, -0.1) is 0 Å². The average Bonchev–Trinajstić information content (AvgIpc) is 2.90. The third kappa shape index (κ3) is 6.64. The van der Waals surface area contributed by atoms with Crippen LogP contribution in [0.3, 0.4) is 0 Å². The second-order valence-corrected chi connectivity index (χ2v) is 11.2. The molecule has 0 radical (unpaired) electrons. The maximum absolute atomic E-state index is 13.6. The Morgan fingerprint density at radius 2 is 1.30 bits per heavy atom. The summed E-state index contributed by atoms with van der Waals surface area (Å²) in [4.78, 5) is 26.6. The van der Waals surface area contributed by atoms with Gasteiger partial charge in [-0.2, -0.15) is 0 Å². The molecule has 0 heterocycles. The normalized spacial score (nSPS) is 13.0. The Hall–Kier alpha value is -3.50. The monoisotopic (exact) mass is 553 g/mol. The molecule has 0 saturated heterocycles. The number of ketones is 1. The zero-order valence-corrected chi connectivity index (χ0v) is 23.0. The molecule has 1 N–H and O–H groups in total. The number of anilines is 1. The molecule has 0 saturated carbocycles. The van der Waals surface area contributed by atoms with E-state index in [2.05, 4.69) is 51.6 Å². The Morgan fingerprint density at radius 1 is 0.730 bits per heavy atom. The number of carbonyl (C=O) groups is 2. The summed E-state index contributed by atoms with van der Waals surface area (Å²) in [5, 5.41) is 3.17. The number of Topliss-reactive ketones (excluding diaryl/α,β-unsaturated/α-hetero) is 1. The Kier molecular flexibility index (Phi) is 8.40. The van der Waals surface area contributed by atoms with Gasteiger partial charge in [-0.05, 0) is 34.9 Å². The molecule has 0 spiro atoms. The number of carbonyl (C=O) groups excluding carboxylic acids is 2. The first-order chi connectivity index (χ1) is 17.7. The minimum Gasteiger partial charge on any atom is -0.325 e. The molecule has 0 aliphatic carbocycles. The third-order valence-corrected chi connectivity index (χ3v) is 7.11. The fraction of sp³-hybridized carbons (Fsp3) is 0.212. The van der Waals surface area contributed by atoms with E-state index in [1.807, 2.05) is 99.6 Å². The van der Waals surface area contributed by atoms with Crippen molar-refractivity contribution in [3.8, 4) is 0 Å². The van der Waals surface area contributed by atoms with E-state index in [0.717, 1.165) is 26.9 Å². The van der Waals surface area contributed by atoms with Gasteiger partial charge in [-0.25, -0.2) is 0 Å². The van der Waals surface area contributed by atoms with Crippen molar-refractivity contribution in [2.75, 3.05) is 5.32 Å². The van der Waals surface area contributed by atoms with Crippen molar-refractivity contribution in [2.24, 2.45) is 5.41 Å². The minimum atomic E-state index is -0.538. The van der Waals surface area contributed by atoms with E-state index in [0.29, 0.717) is 12.0 Å². The van der Waals surface area contributed by atoms with Crippen LogP contribution in [0.1, 0.15) is 66.1 Å². The Balaban J connectivity index is 1.87. The summed E-state index contributed by atoms with van der Waals surface area (Å²) < 4.78 is 0.985. The molecule has 4 heteroatoms. The molecule has 0 aliphatic rings. The molecule has 4 rings (SSSR count). The number of hydrogen-bond acceptors (Lipinski definition) is 2. The van der Waals surface area contributed by atoms with Gasteiger partial charge in [0.25, 0.3) is 0 Å². The smallest absolute Gasteiger partial charge is 0.229 e. The highest BCUT2D eigenvalue weighted by Gasteiger charge is 2.31. The van der Waals surface area contributed by atoms with Crippen molar-refractivity contribution in [1.82, 2.24) is 0 Å². The lowest BCUT2D eigenvalue weighted by atomic mass is 9.74. The quantitative estimate of drug-likeness (QED) is 0.222. The van der Waals surface area contributed by atoms with E-state index >= 15 is 0 Å². The molecule has 3 nitrogen and oxygen atoms in total. The van der Waals surface area contributed by atoms with Crippen LogP contribution in [0.5, 0.6) is 0 Å². The van der Waals surface area contributed by atoms with Crippen LogP contribution < -0.4 is 5.32 Å². The van der Waals surface area contributed by atoms with E-state index in [-0.39, 0.29) is 23.5 Å². The maximum atomic E-state index is 13.6. The van der Waals surface area contributed by atoms with Crippen LogP contribution in [-0.2, 0) is 4.79 Å². The second kappa shape index (κ2) is 11.7. The molecule has 0 bridgehead atoms. The summed E-state index contributed by atoms with van der Waals surface area (Å²) in [6.45, 7) is 5.72. The number of para-hydroxylation sites is 1. The molecule has 0 fully saturated rings. The van der Waals surface area contributed by atoms with Crippen molar-refractivity contribution < 1.29 is 9.59 Å². The number of hydrogen-bond donors (Lipinski definition) is 1. The van der Waals surface area contributed by atoms with Crippen LogP contribution >= 0.6 is 15.9 Å². The number of nitrogens with one attached hydrogen (secondary N) is 1. The fourth-order valence-electron chi connectivity index (χ4n) is 4.56. The molecule has 4 aromatic rings. The minimum absolute atomic E-state index is 0.0488. The first-order valence-corrected chi connectivity index (χ1v) is 13.3. The van der Waals surface area contributed by atoms with Crippen LogP contribution in [0.25, 0.3) is 0 Å². The van der Waals surface area contributed by atoms with Gasteiger partial charge in [0.2, 0.25) is 5.91 Å². The molecule has 0 aromatic heterocycles.